The van der Waals surface area contributed by atoms with Gasteiger partial charge in [0, 0.05) is 38.3 Å². The molecule has 6 nitrogen and oxygen atoms in total. The minimum absolute atomic E-state index is 0.00773. The summed E-state index contributed by atoms with van der Waals surface area (Å²) in [6.45, 7) is 3.03. The lowest BCUT2D eigenvalue weighted by molar-refractivity contribution is -0.135. The van der Waals surface area contributed by atoms with Gasteiger partial charge < -0.3 is 15.1 Å². The molecule has 2 aliphatic rings. The van der Waals surface area contributed by atoms with Crippen LogP contribution in [0.2, 0.25) is 0 Å². The van der Waals surface area contributed by atoms with E-state index >= 15 is 0 Å². The van der Waals surface area contributed by atoms with Gasteiger partial charge in [-0.1, -0.05) is 12.5 Å². The average Bonchev–Trinajstić information content (AvgIpc) is 2.52. The third-order valence-corrected chi connectivity index (χ3v) is 4.50. The molecule has 118 valence electrons. The van der Waals surface area contributed by atoms with E-state index < -0.39 is 0 Å². The summed E-state index contributed by atoms with van der Waals surface area (Å²) < 4.78 is 0. The molecule has 1 aliphatic carbocycles. The second-order valence-corrected chi connectivity index (χ2v) is 5.90. The second-order valence-electron chi connectivity index (χ2n) is 5.90. The number of nitrogens with zero attached hydrogens (tertiary/aromatic N) is 3. The van der Waals surface area contributed by atoms with Crippen LogP contribution in [0, 0.1) is 5.92 Å². The van der Waals surface area contributed by atoms with Crippen LogP contribution in [0.1, 0.15) is 19.3 Å². The first-order chi connectivity index (χ1) is 10.7. The number of carbonyl (C=O) groups is 2. The van der Waals surface area contributed by atoms with Gasteiger partial charge >= 0.3 is 0 Å². The highest BCUT2D eigenvalue weighted by Crippen LogP contribution is 2.26. The van der Waals surface area contributed by atoms with E-state index in [1.54, 1.807) is 6.20 Å². The molecule has 0 aromatic carbocycles. The van der Waals surface area contributed by atoms with E-state index in [9.17, 15) is 9.59 Å². The maximum absolute atomic E-state index is 12.2. The van der Waals surface area contributed by atoms with Gasteiger partial charge in [-0.25, -0.2) is 4.98 Å². The van der Waals surface area contributed by atoms with Crippen molar-refractivity contribution in [2.24, 2.45) is 5.92 Å². The zero-order chi connectivity index (χ0) is 15.4. The van der Waals surface area contributed by atoms with Crippen molar-refractivity contribution in [1.82, 2.24) is 15.2 Å². The molecule has 1 aromatic heterocycles. The van der Waals surface area contributed by atoms with Crippen LogP contribution in [-0.2, 0) is 9.59 Å². The molecule has 1 saturated heterocycles. The topological polar surface area (TPSA) is 65.5 Å². The number of anilines is 1. The predicted molar refractivity (Wildman–Crippen MR) is 83.4 cm³/mol. The van der Waals surface area contributed by atoms with E-state index in [1.165, 1.54) is 0 Å². The number of rotatable bonds is 4. The first-order valence-corrected chi connectivity index (χ1v) is 7.95. The maximum Gasteiger partial charge on any atom is 0.242 e. The number of hydrogen-bond donors (Lipinski definition) is 1. The van der Waals surface area contributed by atoms with Gasteiger partial charge in [0.05, 0.1) is 6.54 Å². The molecule has 0 bridgehead atoms. The van der Waals surface area contributed by atoms with E-state index in [2.05, 4.69) is 15.2 Å². The van der Waals surface area contributed by atoms with Crippen molar-refractivity contribution in [2.45, 2.75) is 19.3 Å². The molecule has 1 aliphatic heterocycles. The third-order valence-electron chi connectivity index (χ3n) is 4.50. The SMILES string of the molecule is O=C(NCC(=O)N1CCN(c2ccccn2)CC1)C1CCC1. The smallest absolute Gasteiger partial charge is 0.242 e. The number of pyridine rings is 1. The van der Waals surface area contributed by atoms with Crippen molar-refractivity contribution >= 4 is 17.6 Å². The molecule has 0 radical (unpaired) electrons. The predicted octanol–water partition coefficient (Wildman–Crippen LogP) is 0.646. The fourth-order valence-electron chi connectivity index (χ4n) is 2.82. The van der Waals surface area contributed by atoms with E-state index in [0.717, 1.165) is 38.2 Å². The molecule has 0 atom stereocenters. The lowest BCUT2D eigenvalue weighted by Crippen LogP contribution is -2.52. The third kappa shape index (κ3) is 3.37. The molecular formula is C16H22N4O2. The number of aromatic nitrogens is 1. The molecule has 0 unspecified atom stereocenters. The summed E-state index contributed by atoms with van der Waals surface area (Å²) in [6.07, 6.45) is 4.83. The Labute approximate surface area is 130 Å². The minimum atomic E-state index is 0.00773. The Balaban J connectivity index is 1.42. The Morgan fingerprint density at radius 1 is 1.18 bits per heavy atom. The van der Waals surface area contributed by atoms with Gasteiger partial charge in [0.2, 0.25) is 11.8 Å². The van der Waals surface area contributed by atoms with Gasteiger partial charge in [-0.05, 0) is 25.0 Å². The van der Waals surface area contributed by atoms with Crippen LogP contribution in [0.4, 0.5) is 5.82 Å². The number of nitrogens with one attached hydrogen (secondary N) is 1. The van der Waals surface area contributed by atoms with E-state index in [0.29, 0.717) is 13.1 Å². The summed E-state index contributed by atoms with van der Waals surface area (Å²) in [5.41, 5.74) is 0. The van der Waals surface area contributed by atoms with Crippen molar-refractivity contribution < 1.29 is 9.59 Å². The number of amides is 2. The maximum atomic E-state index is 12.2. The summed E-state index contributed by atoms with van der Waals surface area (Å²) in [5.74, 6) is 1.13. The van der Waals surface area contributed by atoms with Gasteiger partial charge in [-0.3, -0.25) is 9.59 Å². The highest BCUT2D eigenvalue weighted by molar-refractivity contribution is 5.86. The van der Waals surface area contributed by atoms with E-state index in [1.807, 2.05) is 23.1 Å². The quantitative estimate of drug-likeness (QED) is 0.887. The Morgan fingerprint density at radius 3 is 2.55 bits per heavy atom. The summed E-state index contributed by atoms with van der Waals surface area (Å²) in [7, 11) is 0. The highest BCUT2D eigenvalue weighted by Gasteiger charge is 2.26. The van der Waals surface area contributed by atoms with Crippen LogP contribution in [-0.4, -0.2) is 54.4 Å². The number of carbonyl (C=O) groups excluding carboxylic acids is 2. The number of hydrogen-bond acceptors (Lipinski definition) is 4. The molecule has 1 N–H and O–H groups in total. The fourth-order valence-corrected chi connectivity index (χ4v) is 2.82. The van der Waals surface area contributed by atoms with Crippen molar-refractivity contribution in [3.8, 4) is 0 Å². The molecule has 6 heteroatoms. The van der Waals surface area contributed by atoms with Crippen molar-refractivity contribution in [2.75, 3.05) is 37.6 Å². The Kier molecular flexibility index (Phi) is 4.56. The monoisotopic (exact) mass is 302 g/mol. The van der Waals surface area contributed by atoms with Gasteiger partial charge in [-0.15, -0.1) is 0 Å². The first kappa shape index (κ1) is 14.8. The minimum Gasteiger partial charge on any atom is -0.353 e. The molecule has 2 fully saturated rings. The van der Waals surface area contributed by atoms with Crippen LogP contribution in [0.5, 0.6) is 0 Å². The summed E-state index contributed by atoms with van der Waals surface area (Å²) in [4.78, 5) is 32.2. The second kappa shape index (κ2) is 6.77. The fraction of sp³-hybridized carbons (Fsp3) is 0.562. The van der Waals surface area contributed by atoms with Crippen LogP contribution >= 0.6 is 0 Å². The first-order valence-electron chi connectivity index (χ1n) is 7.95. The van der Waals surface area contributed by atoms with Crippen molar-refractivity contribution in [3.63, 3.8) is 0 Å². The molecule has 2 amide bonds. The van der Waals surface area contributed by atoms with Crippen LogP contribution in [0.25, 0.3) is 0 Å². The van der Waals surface area contributed by atoms with Crippen molar-refractivity contribution in [3.05, 3.63) is 24.4 Å². The van der Waals surface area contributed by atoms with Gasteiger partial charge in [-0.2, -0.15) is 0 Å². The lowest BCUT2D eigenvalue weighted by Gasteiger charge is -2.35. The Hall–Kier alpha value is -2.11. The van der Waals surface area contributed by atoms with Gasteiger partial charge in [0.25, 0.3) is 0 Å². The normalized spacial score (nSPS) is 18.7. The Bertz CT molecular complexity index is 522. The highest BCUT2D eigenvalue weighted by atomic mass is 16.2. The lowest BCUT2D eigenvalue weighted by atomic mass is 9.85. The van der Waals surface area contributed by atoms with E-state index in [4.69, 9.17) is 0 Å². The van der Waals surface area contributed by atoms with E-state index in [-0.39, 0.29) is 24.3 Å². The van der Waals surface area contributed by atoms with Gasteiger partial charge in [0.1, 0.15) is 5.82 Å². The molecule has 22 heavy (non-hydrogen) atoms. The molecule has 2 heterocycles. The standard InChI is InChI=1S/C16H22N4O2/c21-15(12-18-16(22)13-4-3-5-13)20-10-8-19(9-11-20)14-6-1-2-7-17-14/h1-2,6-7,13H,3-5,8-12H2,(H,18,22). The zero-order valence-corrected chi connectivity index (χ0v) is 12.7. The Morgan fingerprint density at radius 2 is 1.95 bits per heavy atom. The summed E-state index contributed by atoms with van der Waals surface area (Å²) in [5, 5.41) is 2.77. The molecule has 1 saturated carbocycles. The molecule has 0 spiro atoms. The number of piperazine rings is 1. The molecule has 1 aromatic rings. The summed E-state index contributed by atoms with van der Waals surface area (Å²) >= 11 is 0. The van der Waals surface area contributed by atoms with Crippen LogP contribution in [0.3, 0.4) is 0 Å². The average molecular weight is 302 g/mol. The van der Waals surface area contributed by atoms with Crippen molar-refractivity contribution in [1.29, 1.82) is 0 Å². The van der Waals surface area contributed by atoms with Gasteiger partial charge in [0.15, 0.2) is 0 Å². The molecule has 3 rings (SSSR count). The largest absolute Gasteiger partial charge is 0.353 e. The zero-order valence-electron chi connectivity index (χ0n) is 12.7. The molecular weight excluding hydrogens is 280 g/mol. The van der Waals surface area contributed by atoms with Crippen LogP contribution < -0.4 is 10.2 Å². The summed E-state index contributed by atoms with van der Waals surface area (Å²) in [6, 6.07) is 5.85. The van der Waals surface area contributed by atoms with Crippen LogP contribution in [0.15, 0.2) is 24.4 Å².